The van der Waals surface area contributed by atoms with Crippen molar-refractivity contribution >= 4 is 39.1 Å². The van der Waals surface area contributed by atoms with Crippen molar-refractivity contribution in [2.24, 2.45) is 0 Å². The van der Waals surface area contributed by atoms with Crippen molar-refractivity contribution in [3.8, 4) is 0 Å². The number of halogens is 1. The molecule has 4 rings (SSSR count). The Labute approximate surface area is 248 Å². The Morgan fingerprint density at radius 2 is 1.54 bits per heavy atom. The van der Waals surface area contributed by atoms with E-state index in [2.05, 4.69) is 5.32 Å². The molecule has 218 valence electrons. The predicted molar refractivity (Wildman–Crippen MR) is 163 cm³/mol. The van der Waals surface area contributed by atoms with E-state index in [-0.39, 0.29) is 23.4 Å². The van der Waals surface area contributed by atoms with Crippen molar-refractivity contribution in [3.63, 3.8) is 0 Å². The summed E-state index contributed by atoms with van der Waals surface area (Å²) in [5.74, 6) is -0.747. The maximum atomic E-state index is 14.1. The fourth-order valence-corrected chi connectivity index (χ4v) is 6.69. The largest absolute Gasteiger partial charge is 0.352 e. The summed E-state index contributed by atoms with van der Waals surface area (Å²) in [7, 11) is -4.10. The lowest BCUT2D eigenvalue weighted by Crippen LogP contribution is -2.53. The summed E-state index contributed by atoms with van der Waals surface area (Å²) in [4.78, 5) is 29.0. The first-order valence-corrected chi connectivity index (χ1v) is 15.9. The lowest BCUT2D eigenvalue weighted by Gasteiger charge is -2.33. The van der Waals surface area contributed by atoms with Crippen molar-refractivity contribution in [2.45, 2.75) is 76.4 Å². The number of hydrogen-bond donors (Lipinski definition) is 1. The van der Waals surface area contributed by atoms with Crippen LogP contribution in [-0.2, 0) is 26.2 Å². The molecule has 1 fully saturated rings. The number of aryl methyl sites for hydroxylation is 2. The summed E-state index contributed by atoms with van der Waals surface area (Å²) in [6.45, 7) is 5.11. The average Bonchev–Trinajstić information content (AvgIpc) is 2.95. The lowest BCUT2D eigenvalue weighted by atomic mass is 9.95. The number of amides is 2. The van der Waals surface area contributed by atoms with Gasteiger partial charge in [-0.15, -0.1) is 0 Å². The highest BCUT2D eigenvalue weighted by atomic mass is 35.5. The molecule has 1 atom stereocenters. The summed E-state index contributed by atoms with van der Waals surface area (Å²) in [6, 6.07) is 19.9. The van der Waals surface area contributed by atoms with Crippen LogP contribution in [0, 0.1) is 13.8 Å². The monoisotopic (exact) mass is 595 g/mol. The van der Waals surface area contributed by atoms with E-state index in [4.69, 9.17) is 11.6 Å². The minimum absolute atomic E-state index is 0.0767. The molecule has 0 aliphatic heterocycles. The molecule has 9 heteroatoms. The molecule has 41 heavy (non-hydrogen) atoms. The predicted octanol–water partition coefficient (Wildman–Crippen LogP) is 6.02. The van der Waals surface area contributed by atoms with Crippen molar-refractivity contribution < 1.29 is 18.0 Å². The lowest BCUT2D eigenvalue weighted by molar-refractivity contribution is -0.139. The molecule has 0 spiro atoms. The van der Waals surface area contributed by atoms with E-state index in [9.17, 15) is 18.0 Å². The van der Waals surface area contributed by atoms with Gasteiger partial charge in [-0.3, -0.25) is 13.9 Å². The van der Waals surface area contributed by atoms with Gasteiger partial charge < -0.3 is 10.2 Å². The molecule has 2 amide bonds. The van der Waals surface area contributed by atoms with E-state index < -0.39 is 28.5 Å². The Kier molecular flexibility index (Phi) is 10.1. The number of sulfonamides is 1. The summed E-state index contributed by atoms with van der Waals surface area (Å²) in [6.07, 6.45) is 5.11. The van der Waals surface area contributed by atoms with Crippen LogP contribution in [0.25, 0.3) is 0 Å². The summed E-state index contributed by atoms with van der Waals surface area (Å²) >= 11 is 6.22. The SMILES string of the molecule is Cc1ccc(N(CC(=O)N(Cc2cccc(Cl)c2)C(C)C(=O)NC2CCCCC2)S(=O)(=O)c2ccc(C)cc2)cc1. The van der Waals surface area contributed by atoms with Crippen LogP contribution >= 0.6 is 11.6 Å². The van der Waals surface area contributed by atoms with Crippen molar-refractivity contribution in [1.29, 1.82) is 0 Å². The number of carbonyl (C=O) groups is 2. The molecule has 0 bridgehead atoms. The second-order valence-corrected chi connectivity index (χ2v) is 13.1. The van der Waals surface area contributed by atoms with E-state index in [1.165, 1.54) is 4.90 Å². The quantitative estimate of drug-likeness (QED) is 0.311. The Balaban J connectivity index is 1.67. The minimum Gasteiger partial charge on any atom is -0.352 e. The smallest absolute Gasteiger partial charge is 0.264 e. The Morgan fingerprint density at radius 1 is 0.927 bits per heavy atom. The molecule has 1 N–H and O–H groups in total. The number of hydrogen-bond acceptors (Lipinski definition) is 4. The van der Waals surface area contributed by atoms with Gasteiger partial charge in [0.1, 0.15) is 12.6 Å². The molecule has 1 saturated carbocycles. The maximum Gasteiger partial charge on any atom is 0.264 e. The molecule has 1 unspecified atom stereocenters. The van der Waals surface area contributed by atoms with Crippen LogP contribution in [0.2, 0.25) is 5.02 Å². The fourth-order valence-electron chi connectivity index (χ4n) is 5.06. The Bertz CT molecular complexity index is 1450. The Morgan fingerprint density at radius 3 is 2.15 bits per heavy atom. The van der Waals surface area contributed by atoms with Crippen LogP contribution < -0.4 is 9.62 Å². The first-order valence-electron chi connectivity index (χ1n) is 14.0. The summed E-state index contributed by atoms with van der Waals surface area (Å²) < 4.78 is 29.0. The second-order valence-electron chi connectivity index (χ2n) is 10.8. The molecule has 3 aromatic carbocycles. The number of nitrogens with zero attached hydrogens (tertiary/aromatic N) is 2. The van der Waals surface area contributed by atoms with Gasteiger partial charge >= 0.3 is 0 Å². The molecule has 7 nitrogen and oxygen atoms in total. The number of benzene rings is 3. The van der Waals surface area contributed by atoms with Crippen molar-refractivity contribution in [1.82, 2.24) is 10.2 Å². The van der Waals surface area contributed by atoms with Gasteiger partial charge in [0.15, 0.2) is 0 Å². The van der Waals surface area contributed by atoms with Gasteiger partial charge in [-0.25, -0.2) is 8.42 Å². The van der Waals surface area contributed by atoms with Crippen molar-refractivity contribution in [2.75, 3.05) is 10.8 Å². The van der Waals surface area contributed by atoms with E-state index in [1.54, 1.807) is 73.7 Å². The highest BCUT2D eigenvalue weighted by molar-refractivity contribution is 7.92. The molecular weight excluding hydrogens is 558 g/mol. The van der Waals surface area contributed by atoms with Crippen LogP contribution in [0.4, 0.5) is 5.69 Å². The number of carbonyl (C=O) groups excluding carboxylic acids is 2. The van der Waals surface area contributed by atoms with E-state index >= 15 is 0 Å². The number of anilines is 1. The van der Waals surface area contributed by atoms with E-state index in [0.29, 0.717) is 10.7 Å². The standard InChI is InChI=1S/C32H38ClN3O4S/c1-23-12-16-29(17-13-23)36(41(39,40)30-18-14-24(2)15-19-30)22-31(37)35(21-26-8-7-9-27(33)20-26)25(3)32(38)34-28-10-5-4-6-11-28/h7-9,12-20,25,28H,4-6,10-11,21-22H2,1-3H3,(H,34,38). The van der Waals surface area contributed by atoms with Crippen LogP contribution in [0.15, 0.2) is 77.7 Å². The van der Waals surface area contributed by atoms with Crippen LogP contribution in [-0.4, -0.2) is 43.8 Å². The Hall–Kier alpha value is -3.36. The molecule has 0 saturated heterocycles. The highest BCUT2D eigenvalue weighted by Crippen LogP contribution is 2.26. The number of rotatable bonds is 10. The molecule has 1 aliphatic rings. The van der Waals surface area contributed by atoms with Crippen molar-refractivity contribution in [3.05, 3.63) is 94.5 Å². The molecule has 1 aliphatic carbocycles. The van der Waals surface area contributed by atoms with Gasteiger partial charge in [-0.2, -0.15) is 0 Å². The van der Waals surface area contributed by atoms with Gasteiger partial charge in [0.05, 0.1) is 10.6 Å². The van der Waals surface area contributed by atoms with Crippen LogP contribution in [0.5, 0.6) is 0 Å². The maximum absolute atomic E-state index is 14.1. The van der Waals surface area contributed by atoms with Crippen LogP contribution in [0.3, 0.4) is 0 Å². The van der Waals surface area contributed by atoms with Gasteiger partial charge in [-0.1, -0.05) is 78.4 Å². The summed E-state index contributed by atoms with van der Waals surface area (Å²) in [5, 5.41) is 3.62. The third kappa shape index (κ3) is 7.89. The van der Waals surface area contributed by atoms with Gasteiger partial charge in [0, 0.05) is 17.6 Å². The van der Waals surface area contributed by atoms with E-state index in [1.807, 2.05) is 19.9 Å². The zero-order chi connectivity index (χ0) is 29.6. The molecule has 3 aromatic rings. The molecule has 0 aromatic heterocycles. The fraction of sp³-hybridized carbons (Fsp3) is 0.375. The molecule has 0 radical (unpaired) electrons. The highest BCUT2D eigenvalue weighted by Gasteiger charge is 2.33. The van der Waals surface area contributed by atoms with E-state index in [0.717, 1.165) is 53.1 Å². The van der Waals surface area contributed by atoms with Gasteiger partial charge in [0.2, 0.25) is 11.8 Å². The zero-order valence-electron chi connectivity index (χ0n) is 23.8. The molecular formula is C32H38ClN3O4S. The molecule has 0 heterocycles. The minimum atomic E-state index is -4.10. The first-order chi connectivity index (χ1) is 19.5. The average molecular weight is 596 g/mol. The zero-order valence-corrected chi connectivity index (χ0v) is 25.4. The van der Waals surface area contributed by atoms with Crippen LogP contribution in [0.1, 0.15) is 55.7 Å². The topological polar surface area (TPSA) is 86.8 Å². The summed E-state index contributed by atoms with van der Waals surface area (Å²) in [5.41, 5.74) is 2.99. The van der Waals surface area contributed by atoms with Gasteiger partial charge in [-0.05, 0) is 75.6 Å². The first kappa shape index (κ1) is 30.6. The number of nitrogens with one attached hydrogen (secondary N) is 1. The van der Waals surface area contributed by atoms with Gasteiger partial charge in [0.25, 0.3) is 10.0 Å². The normalized spacial score (nSPS) is 14.7. The third-order valence-corrected chi connectivity index (χ3v) is 9.59. The second kappa shape index (κ2) is 13.5. The third-order valence-electron chi connectivity index (χ3n) is 7.57.